The lowest BCUT2D eigenvalue weighted by atomic mass is 10.1. The van der Waals surface area contributed by atoms with E-state index in [1.165, 1.54) is 63.4 Å². The fourth-order valence-electron chi connectivity index (χ4n) is 3.46. The van der Waals surface area contributed by atoms with E-state index in [2.05, 4.69) is 11.8 Å². The molecule has 0 spiro atoms. The molecule has 0 saturated heterocycles. The molecular formula is C24H28ClNO5S2. The van der Waals surface area contributed by atoms with Gasteiger partial charge in [0.25, 0.3) is 0 Å². The summed E-state index contributed by atoms with van der Waals surface area (Å²) in [6, 6.07) is 5.63. The van der Waals surface area contributed by atoms with E-state index in [-0.39, 0.29) is 9.81 Å². The number of fused-ring (bicyclic) bond motifs is 1. The molecule has 1 aromatic rings. The summed E-state index contributed by atoms with van der Waals surface area (Å²) in [5.74, 6) is 0.273. The van der Waals surface area contributed by atoms with E-state index in [1.807, 2.05) is 30.4 Å². The van der Waals surface area contributed by atoms with Crippen molar-refractivity contribution in [2.24, 2.45) is 0 Å². The lowest BCUT2D eigenvalue weighted by molar-refractivity contribution is -0.138. The normalized spacial score (nSPS) is 16.2. The van der Waals surface area contributed by atoms with Gasteiger partial charge in [0.2, 0.25) is 5.88 Å². The topological polar surface area (TPSA) is 65.1 Å². The summed E-state index contributed by atoms with van der Waals surface area (Å²) in [7, 11) is 2.57. The number of halogens is 1. The van der Waals surface area contributed by atoms with Gasteiger partial charge in [-0.1, -0.05) is 74.2 Å². The second-order valence-electron chi connectivity index (χ2n) is 7.47. The number of unbranched alkanes of at least 4 members (excludes halogenated alkanes) is 5. The summed E-state index contributed by atoms with van der Waals surface area (Å²) in [6.07, 6.45) is 10.9. The van der Waals surface area contributed by atoms with Crippen molar-refractivity contribution in [3.63, 3.8) is 0 Å². The highest BCUT2D eigenvalue weighted by atomic mass is 35.5. The maximum Gasteiger partial charge on any atom is 0.346 e. The Labute approximate surface area is 208 Å². The number of anilines is 1. The van der Waals surface area contributed by atoms with Gasteiger partial charge in [-0.15, -0.1) is 0 Å². The third-order valence-electron chi connectivity index (χ3n) is 5.14. The number of ether oxygens (including phenoxy) is 3. The van der Waals surface area contributed by atoms with Crippen LogP contribution in [0.3, 0.4) is 0 Å². The number of methoxy groups -OCH3 is 2. The molecule has 0 aliphatic carbocycles. The van der Waals surface area contributed by atoms with E-state index in [0.717, 1.165) is 29.3 Å². The summed E-state index contributed by atoms with van der Waals surface area (Å²) in [5.41, 5.74) is 0.980. The van der Waals surface area contributed by atoms with Crippen LogP contribution in [0, 0.1) is 0 Å². The first-order valence-electron chi connectivity index (χ1n) is 10.9. The third-order valence-corrected chi connectivity index (χ3v) is 7.83. The van der Waals surface area contributed by atoms with E-state index in [0.29, 0.717) is 16.7 Å². The van der Waals surface area contributed by atoms with E-state index >= 15 is 0 Å². The van der Waals surface area contributed by atoms with Gasteiger partial charge >= 0.3 is 11.9 Å². The SMILES string of the molecule is CCCCCCCCN1/C(=C\C=C2SC(C(=O)OC)=C(C(=O)OC)S2)Oc2cc(Cl)ccc21. The largest absolute Gasteiger partial charge is 0.465 e. The van der Waals surface area contributed by atoms with Crippen LogP contribution in [0.15, 0.2) is 50.3 Å². The van der Waals surface area contributed by atoms with Gasteiger partial charge in [-0.25, -0.2) is 9.59 Å². The van der Waals surface area contributed by atoms with Crippen LogP contribution < -0.4 is 9.64 Å². The van der Waals surface area contributed by atoms with Gasteiger partial charge in [-0.3, -0.25) is 0 Å². The molecule has 6 nitrogen and oxygen atoms in total. The van der Waals surface area contributed by atoms with Crippen molar-refractivity contribution in [2.45, 2.75) is 45.4 Å². The number of rotatable bonds is 10. The summed E-state index contributed by atoms with van der Waals surface area (Å²) in [6.45, 7) is 3.04. The average molecular weight is 510 g/mol. The first-order chi connectivity index (χ1) is 16.0. The molecule has 178 valence electrons. The van der Waals surface area contributed by atoms with Crippen molar-refractivity contribution in [2.75, 3.05) is 25.7 Å². The molecule has 0 saturated carbocycles. The van der Waals surface area contributed by atoms with Crippen molar-refractivity contribution in [3.8, 4) is 5.75 Å². The van der Waals surface area contributed by atoms with Crippen molar-refractivity contribution in [3.05, 3.63) is 55.3 Å². The molecular weight excluding hydrogens is 482 g/mol. The lowest BCUT2D eigenvalue weighted by Crippen LogP contribution is -2.21. The Bertz CT molecular complexity index is 959. The second kappa shape index (κ2) is 12.4. The molecule has 0 fully saturated rings. The molecule has 0 bridgehead atoms. The molecule has 0 N–H and O–H groups in total. The quantitative estimate of drug-likeness (QED) is 0.257. The predicted octanol–water partition coefficient (Wildman–Crippen LogP) is 6.62. The first kappa shape index (κ1) is 25.6. The summed E-state index contributed by atoms with van der Waals surface area (Å²) in [5, 5.41) is 0.615. The second-order valence-corrected chi connectivity index (χ2v) is 10.3. The van der Waals surface area contributed by atoms with Crippen molar-refractivity contribution < 1.29 is 23.8 Å². The Morgan fingerprint density at radius 2 is 1.64 bits per heavy atom. The minimum Gasteiger partial charge on any atom is -0.465 e. The zero-order valence-electron chi connectivity index (χ0n) is 19.0. The lowest BCUT2D eigenvalue weighted by Gasteiger charge is -2.18. The van der Waals surface area contributed by atoms with Crippen LogP contribution >= 0.6 is 35.1 Å². The van der Waals surface area contributed by atoms with Crippen LogP contribution in [0.2, 0.25) is 5.02 Å². The Kier molecular flexibility index (Phi) is 9.64. The number of hydrogen-bond donors (Lipinski definition) is 0. The van der Waals surface area contributed by atoms with Crippen LogP contribution in [0.1, 0.15) is 45.4 Å². The fraction of sp³-hybridized carbons (Fsp3) is 0.417. The Morgan fingerprint density at radius 1 is 1.00 bits per heavy atom. The van der Waals surface area contributed by atoms with Crippen LogP contribution in [0.5, 0.6) is 5.75 Å². The highest BCUT2D eigenvalue weighted by molar-refractivity contribution is 8.29. The Morgan fingerprint density at radius 3 is 2.27 bits per heavy atom. The third kappa shape index (κ3) is 6.52. The number of thioether (sulfide) groups is 2. The molecule has 3 rings (SSSR count). The van der Waals surface area contributed by atoms with Crippen molar-refractivity contribution in [1.29, 1.82) is 0 Å². The van der Waals surface area contributed by atoms with Gasteiger partial charge in [0, 0.05) is 23.7 Å². The standard InChI is InChI=1S/C24H28ClNO5S2/c1-4-5-6-7-8-9-14-26-17-11-10-16(25)15-18(17)31-19(26)12-13-20-32-21(23(27)29-2)22(33-20)24(28)30-3/h10-13,15H,4-9,14H2,1-3H3/b19-12+. The summed E-state index contributed by atoms with van der Waals surface area (Å²) in [4.78, 5) is 26.8. The Hall–Kier alpha value is -2.03. The van der Waals surface area contributed by atoms with Gasteiger partial charge in [-0.05, 0) is 24.6 Å². The number of carbonyl (C=O) groups excluding carboxylic acids is 2. The average Bonchev–Trinajstić information content (AvgIpc) is 3.40. The Balaban J connectivity index is 1.75. The summed E-state index contributed by atoms with van der Waals surface area (Å²) >= 11 is 8.53. The van der Waals surface area contributed by atoms with E-state index in [9.17, 15) is 9.59 Å². The monoisotopic (exact) mass is 509 g/mol. The van der Waals surface area contributed by atoms with Gasteiger partial charge in [0.1, 0.15) is 9.81 Å². The maximum atomic E-state index is 12.1. The molecule has 0 unspecified atom stereocenters. The fourth-order valence-corrected chi connectivity index (χ4v) is 5.90. The van der Waals surface area contributed by atoms with E-state index in [1.54, 1.807) is 0 Å². The van der Waals surface area contributed by atoms with E-state index in [4.69, 9.17) is 25.8 Å². The van der Waals surface area contributed by atoms with Crippen LogP contribution in [0.4, 0.5) is 5.69 Å². The molecule has 2 aliphatic heterocycles. The van der Waals surface area contributed by atoms with Gasteiger partial charge in [-0.2, -0.15) is 0 Å². The highest BCUT2D eigenvalue weighted by Gasteiger charge is 2.32. The minimum atomic E-state index is -0.562. The molecule has 0 amide bonds. The summed E-state index contributed by atoms with van der Waals surface area (Å²) < 4.78 is 16.5. The molecule has 2 heterocycles. The van der Waals surface area contributed by atoms with Crippen molar-refractivity contribution in [1.82, 2.24) is 0 Å². The van der Waals surface area contributed by atoms with Gasteiger partial charge < -0.3 is 19.1 Å². The molecule has 1 aromatic carbocycles. The molecule has 9 heteroatoms. The van der Waals surface area contributed by atoms with Crippen LogP contribution in [-0.2, 0) is 19.1 Å². The maximum absolute atomic E-state index is 12.1. The molecule has 33 heavy (non-hydrogen) atoms. The first-order valence-corrected chi connectivity index (χ1v) is 12.9. The number of benzene rings is 1. The number of allylic oxidation sites excluding steroid dienone is 2. The molecule has 0 aromatic heterocycles. The van der Waals surface area contributed by atoms with E-state index < -0.39 is 11.9 Å². The minimum absolute atomic E-state index is 0.227. The van der Waals surface area contributed by atoms with Gasteiger partial charge in [0.15, 0.2) is 5.75 Å². The highest BCUT2D eigenvalue weighted by Crippen LogP contribution is 2.50. The van der Waals surface area contributed by atoms with Crippen LogP contribution in [-0.4, -0.2) is 32.7 Å². The molecule has 0 atom stereocenters. The predicted molar refractivity (Wildman–Crippen MR) is 135 cm³/mol. The van der Waals surface area contributed by atoms with Crippen molar-refractivity contribution >= 4 is 52.8 Å². The molecule has 2 aliphatic rings. The van der Waals surface area contributed by atoms with Gasteiger partial charge in [0.05, 0.1) is 24.1 Å². The number of carbonyl (C=O) groups is 2. The zero-order chi connectivity index (χ0) is 23.8. The number of esters is 2. The number of hydrogen-bond acceptors (Lipinski definition) is 8. The molecule has 0 radical (unpaired) electrons. The smallest absolute Gasteiger partial charge is 0.346 e. The van der Waals surface area contributed by atoms with Crippen LogP contribution in [0.25, 0.3) is 0 Å². The zero-order valence-corrected chi connectivity index (χ0v) is 21.4. The number of nitrogens with zero attached hydrogens (tertiary/aromatic N) is 1.